The predicted molar refractivity (Wildman–Crippen MR) is 74.9 cm³/mol. The van der Waals surface area contributed by atoms with Crippen LogP contribution in [0.15, 0.2) is 33.7 Å². The minimum absolute atomic E-state index is 0.139. The van der Waals surface area contributed by atoms with Crippen LogP contribution in [0.5, 0.6) is 5.75 Å². The zero-order chi connectivity index (χ0) is 15.0. The van der Waals surface area contributed by atoms with E-state index in [-0.39, 0.29) is 10.8 Å². The summed E-state index contributed by atoms with van der Waals surface area (Å²) >= 11 is 0. The van der Waals surface area contributed by atoms with Crippen molar-refractivity contribution in [1.82, 2.24) is 10.1 Å². The highest BCUT2D eigenvalue weighted by Crippen LogP contribution is 2.39. The molecule has 1 saturated carbocycles. The molecule has 21 heavy (non-hydrogen) atoms. The van der Waals surface area contributed by atoms with Gasteiger partial charge >= 0.3 is 0 Å². The molecule has 0 spiro atoms. The number of benzene rings is 1. The van der Waals surface area contributed by atoms with Gasteiger partial charge in [0.25, 0.3) is 0 Å². The minimum Gasteiger partial charge on any atom is -0.497 e. The predicted octanol–water partition coefficient (Wildman–Crippen LogP) is 2.49. The van der Waals surface area contributed by atoms with E-state index in [2.05, 4.69) is 10.1 Å². The summed E-state index contributed by atoms with van der Waals surface area (Å²) in [7, 11) is -2.10. The first kappa shape index (κ1) is 14.1. The van der Waals surface area contributed by atoms with E-state index in [0.29, 0.717) is 17.5 Å². The maximum Gasteiger partial charge on any atom is 0.245 e. The molecule has 1 aromatic carbocycles. The molecule has 1 aliphatic rings. The number of aromatic nitrogens is 2. The number of ether oxygens (including phenoxy) is 1. The lowest BCUT2D eigenvalue weighted by Gasteiger charge is -2.10. The smallest absolute Gasteiger partial charge is 0.245 e. The topological polar surface area (TPSA) is 82.3 Å². The van der Waals surface area contributed by atoms with Crippen LogP contribution < -0.4 is 4.74 Å². The molecule has 1 atom stereocenters. The van der Waals surface area contributed by atoms with Crippen molar-refractivity contribution in [2.75, 3.05) is 7.11 Å². The van der Waals surface area contributed by atoms with Crippen LogP contribution in [0.2, 0.25) is 0 Å². The van der Waals surface area contributed by atoms with Crippen molar-refractivity contribution in [3.8, 4) is 5.75 Å². The van der Waals surface area contributed by atoms with E-state index in [9.17, 15) is 8.42 Å². The fourth-order valence-electron chi connectivity index (χ4n) is 2.03. The number of sulfone groups is 1. The Morgan fingerprint density at radius 3 is 2.81 bits per heavy atom. The van der Waals surface area contributed by atoms with Crippen molar-refractivity contribution >= 4 is 9.84 Å². The van der Waals surface area contributed by atoms with Crippen molar-refractivity contribution in [2.24, 2.45) is 0 Å². The molecule has 1 heterocycles. The van der Waals surface area contributed by atoms with Crippen molar-refractivity contribution in [3.63, 3.8) is 0 Å². The first-order valence-electron chi connectivity index (χ1n) is 6.74. The van der Waals surface area contributed by atoms with E-state index in [4.69, 9.17) is 9.26 Å². The van der Waals surface area contributed by atoms with E-state index in [0.717, 1.165) is 12.8 Å². The van der Waals surface area contributed by atoms with Crippen molar-refractivity contribution in [3.05, 3.63) is 36.0 Å². The lowest BCUT2D eigenvalue weighted by atomic mass is 10.3. The summed E-state index contributed by atoms with van der Waals surface area (Å²) in [5.74, 6) is 1.57. The van der Waals surface area contributed by atoms with E-state index in [1.54, 1.807) is 19.1 Å². The lowest BCUT2D eigenvalue weighted by Crippen LogP contribution is -2.11. The third-order valence-corrected chi connectivity index (χ3v) is 5.63. The Kier molecular flexibility index (Phi) is 3.44. The van der Waals surface area contributed by atoms with E-state index >= 15 is 0 Å². The van der Waals surface area contributed by atoms with Crippen LogP contribution in [0.4, 0.5) is 0 Å². The van der Waals surface area contributed by atoms with Gasteiger partial charge < -0.3 is 9.26 Å². The average Bonchev–Trinajstić information content (AvgIpc) is 3.24. The van der Waals surface area contributed by atoms with Gasteiger partial charge in [0, 0.05) is 5.92 Å². The van der Waals surface area contributed by atoms with Gasteiger partial charge in [0.1, 0.15) is 11.0 Å². The molecule has 0 bridgehead atoms. The van der Waals surface area contributed by atoms with Gasteiger partial charge in [-0.25, -0.2) is 8.42 Å². The van der Waals surface area contributed by atoms with Gasteiger partial charge in [-0.1, -0.05) is 11.2 Å². The van der Waals surface area contributed by atoms with Crippen LogP contribution in [-0.4, -0.2) is 25.7 Å². The Morgan fingerprint density at radius 2 is 2.14 bits per heavy atom. The molecule has 0 amide bonds. The monoisotopic (exact) mass is 308 g/mol. The molecule has 0 unspecified atom stereocenters. The van der Waals surface area contributed by atoms with E-state index < -0.39 is 15.1 Å². The van der Waals surface area contributed by atoms with Gasteiger partial charge in [0.2, 0.25) is 5.89 Å². The van der Waals surface area contributed by atoms with Crippen LogP contribution in [0.1, 0.15) is 42.6 Å². The second-order valence-corrected chi connectivity index (χ2v) is 7.40. The molecule has 112 valence electrons. The molecule has 0 N–H and O–H groups in total. The highest BCUT2D eigenvalue weighted by molar-refractivity contribution is 7.91. The molecule has 0 radical (unpaired) electrons. The van der Waals surface area contributed by atoms with Crippen LogP contribution in [0.3, 0.4) is 0 Å². The van der Waals surface area contributed by atoms with Gasteiger partial charge in [-0.15, -0.1) is 0 Å². The Morgan fingerprint density at radius 1 is 1.38 bits per heavy atom. The summed E-state index contributed by atoms with van der Waals surface area (Å²) in [5, 5.41) is 2.98. The number of hydrogen-bond acceptors (Lipinski definition) is 6. The van der Waals surface area contributed by atoms with E-state index in [1.165, 1.54) is 19.2 Å². The van der Waals surface area contributed by atoms with Gasteiger partial charge in [0.05, 0.1) is 12.0 Å². The zero-order valence-electron chi connectivity index (χ0n) is 11.8. The van der Waals surface area contributed by atoms with E-state index in [1.807, 2.05) is 0 Å². The molecule has 1 aromatic heterocycles. The Hall–Kier alpha value is -1.89. The molecule has 2 aromatic rings. The van der Waals surface area contributed by atoms with Crippen molar-refractivity contribution in [2.45, 2.75) is 35.8 Å². The van der Waals surface area contributed by atoms with Gasteiger partial charge in [-0.2, -0.15) is 4.98 Å². The summed E-state index contributed by atoms with van der Waals surface area (Å²) < 4.78 is 35.4. The highest BCUT2D eigenvalue weighted by atomic mass is 32.2. The molecule has 3 rings (SSSR count). The minimum atomic E-state index is -3.59. The van der Waals surface area contributed by atoms with Crippen LogP contribution >= 0.6 is 0 Å². The highest BCUT2D eigenvalue weighted by Gasteiger charge is 2.33. The molecule has 7 heteroatoms. The van der Waals surface area contributed by atoms with Crippen LogP contribution in [0.25, 0.3) is 0 Å². The number of nitrogens with zero attached hydrogens (tertiary/aromatic N) is 2. The van der Waals surface area contributed by atoms with Crippen LogP contribution in [-0.2, 0) is 9.84 Å². The molecular weight excluding hydrogens is 292 g/mol. The maximum atomic E-state index is 12.6. The zero-order valence-corrected chi connectivity index (χ0v) is 12.6. The van der Waals surface area contributed by atoms with Gasteiger partial charge in [0.15, 0.2) is 15.7 Å². The van der Waals surface area contributed by atoms with Gasteiger partial charge in [-0.05, 0) is 38.0 Å². The number of hydrogen-bond donors (Lipinski definition) is 0. The first-order valence-corrected chi connectivity index (χ1v) is 8.28. The van der Waals surface area contributed by atoms with Crippen LogP contribution in [0, 0.1) is 0 Å². The Labute approximate surface area is 123 Å². The van der Waals surface area contributed by atoms with Gasteiger partial charge in [-0.3, -0.25) is 0 Å². The van der Waals surface area contributed by atoms with Crippen molar-refractivity contribution < 1.29 is 17.7 Å². The largest absolute Gasteiger partial charge is 0.497 e. The summed E-state index contributed by atoms with van der Waals surface area (Å²) in [6, 6.07) is 6.36. The molecule has 0 saturated heterocycles. The maximum absolute atomic E-state index is 12.6. The number of rotatable bonds is 5. The first-order chi connectivity index (χ1) is 10.0. The lowest BCUT2D eigenvalue weighted by molar-refractivity contribution is 0.371. The number of methoxy groups -OCH3 is 1. The van der Waals surface area contributed by atoms with Crippen molar-refractivity contribution in [1.29, 1.82) is 0 Å². The quantitative estimate of drug-likeness (QED) is 0.844. The Balaban J connectivity index is 1.91. The molecule has 1 aliphatic carbocycles. The normalized spacial score (nSPS) is 16.7. The average molecular weight is 308 g/mol. The SMILES string of the molecule is COc1cccc(S(=O)(=O)[C@@H](C)c2nc(C3CC3)no2)c1. The summed E-state index contributed by atoms with van der Waals surface area (Å²) in [4.78, 5) is 4.40. The second kappa shape index (κ2) is 5.14. The molecule has 0 aliphatic heterocycles. The second-order valence-electron chi connectivity index (χ2n) is 5.13. The summed E-state index contributed by atoms with van der Waals surface area (Å²) in [6.07, 6.45) is 2.08. The third kappa shape index (κ3) is 2.65. The standard InChI is InChI=1S/C14H16N2O4S/c1-9(14-15-13(16-20-14)10-6-7-10)21(17,18)12-5-3-4-11(8-12)19-2/h3-5,8-10H,6-7H2,1-2H3/t9-/m0/s1. The summed E-state index contributed by atoms with van der Waals surface area (Å²) in [5.41, 5.74) is 0. The Bertz CT molecular complexity index is 750. The summed E-state index contributed by atoms with van der Waals surface area (Å²) in [6.45, 7) is 1.55. The molecule has 1 fully saturated rings. The fraction of sp³-hybridized carbons (Fsp3) is 0.429. The molecular formula is C14H16N2O4S. The molecule has 6 nitrogen and oxygen atoms in total. The third-order valence-electron chi connectivity index (χ3n) is 3.58. The fourth-order valence-corrected chi connectivity index (χ4v) is 3.35.